The van der Waals surface area contributed by atoms with E-state index >= 15 is 0 Å². The number of aryl methyl sites for hydroxylation is 1. The fourth-order valence-electron chi connectivity index (χ4n) is 1.76. The van der Waals surface area contributed by atoms with E-state index in [-0.39, 0.29) is 10.6 Å². The van der Waals surface area contributed by atoms with Crippen LogP contribution in [0, 0.1) is 18.6 Å². The fraction of sp³-hybridized carbons (Fsp3) is 0.143. The number of alkyl halides is 1. The van der Waals surface area contributed by atoms with E-state index in [4.69, 9.17) is 11.6 Å². The topological polar surface area (TPSA) is 0 Å². The van der Waals surface area contributed by atoms with Crippen molar-refractivity contribution in [3.8, 4) is 0 Å². The minimum Gasteiger partial charge on any atom is -0.207 e. The van der Waals surface area contributed by atoms with Crippen molar-refractivity contribution in [2.45, 2.75) is 11.8 Å². The maximum Gasteiger partial charge on any atom is 0.142 e. The van der Waals surface area contributed by atoms with E-state index in [2.05, 4.69) is 47.8 Å². The van der Waals surface area contributed by atoms with Crippen molar-refractivity contribution >= 4 is 59.4 Å². The average molecular weight is 489 g/mol. The van der Waals surface area contributed by atoms with Crippen molar-refractivity contribution in [2.24, 2.45) is 0 Å². The Hall–Kier alpha value is 0.0300. The molecule has 0 amide bonds. The molecule has 1 unspecified atom stereocenters. The zero-order valence-electron chi connectivity index (χ0n) is 10.2. The van der Waals surface area contributed by atoms with Crippen LogP contribution in [0.2, 0.25) is 5.02 Å². The van der Waals surface area contributed by atoms with Crippen LogP contribution in [0.5, 0.6) is 0 Å². The lowest BCUT2D eigenvalue weighted by molar-refractivity contribution is 0.588. The Bertz CT molecular complexity index is 616. The molecule has 0 aliphatic heterocycles. The van der Waals surface area contributed by atoms with Gasteiger partial charge in [0.05, 0.1) is 9.85 Å². The van der Waals surface area contributed by atoms with Gasteiger partial charge in [-0.15, -0.1) is 0 Å². The second-order valence-corrected chi connectivity index (χ2v) is 7.30. The summed E-state index contributed by atoms with van der Waals surface area (Å²) >= 11 is 15.9. The second kappa shape index (κ2) is 6.42. The van der Waals surface area contributed by atoms with E-state index < -0.39 is 16.5 Å². The van der Waals surface area contributed by atoms with E-state index in [1.807, 2.05) is 19.1 Å². The summed E-state index contributed by atoms with van der Waals surface area (Å²) in [4.78, 5) is -0.486. The predicted octanol–water partition coefficient (Wildman–Crippen LogP) is 6.94. The van der Waals surface area contributed by atoms with Gasteiger partial charge in [0.25, 0.3) is 0 Å². The molecule has 1 atom stereocenters. The highest BCUT2D eigenvalue weighted by molar-refractivity contribution is 9.11. The molecule has 0 heterocycles. The fourth-order valence-corrected chi connectivity index (χ4v) is 3.99. The van der Waals surface area contributed by atoms with Crippen LogP contribution >= 0.6 is 59.4 Å². The Labute approximate surface area is 145 Å². The first kappa shape index (κ1) is 16.4. The van der Waals surface area contributed by atoms with Gasteiger partial charge >= 0.3 is 0 Å². The maximum atomic E-state index is 14.0. The van der Waals surface area contributed by atoms with Crippen LogP contribution in [0.25, 0.3) is 0 Å². The molecule has 106 valence electrons. The van der Waals surface area contributed by atoms with Crippen molar-refractivity contribution < 1.29 is 8.78 Å². The molecule has 0 saturated heterocycles. The minimum atomic E-state index is -0.644. The maximum absolute atomic E-state index is 14.0. The largest absolute Gasteiger partial charge is 0.207 e. The molecule has 0 aliphatic rings. The zero-order valence-corrected chi connectivity index (χ0v) is 15.7. The Morgan fingerprint density at radius 1 is 0.950 bits per heavy atom. The van der Waals surface area contributed by atoms with Gasteiger partial charge in [-0.3, -0.25) is 0 Å². The molecule has 2 aromatic carbocycles. The molecule has 0 nitrogen and oxygen atoms in total. The van der Waals surface area contributed by atoms with Crippen LogP contribution in [-0.4, -0.2) is 0 Å². The van der Waals surface area contributed by atoms with Crippen molar-refractivity contribution in [3.05, 3.63) is 66.6 Å². The molecular weight excluding hydrogens is 481 g/mol. The number of halogens is 6. The van der Waals surface area contributed by atoms with Gasteiger partial charge in [-0.25, -0.2) is 8.78 Å². The normalized spacial score (nSPS) is 12.6. The molecule has 0 N–H and O–H groups in total. The van der Waals surface area contributed by atoms with Crippen molar-refractivity contribution in [2.75, 3.05) is 0 Å². The first-order valence-electron chi connectivity index (χ1n) is 5.55. The molecule has 0 bridgehead atoms. The summed E-state index contributed by atoms with van der Waals surface area (Å²) in [6, 6.07) is 5.87. The third-order valence-corrected chi connectivity index (χ3v) is 5.68. The highest BCUT2D eigenvalue weighted by Gasteiger charge is 2.20. The first-order valence-corrected chi connectivity index (χ1v) is 8.43. The molecule has 0 fully saturated rings. The standard InChI is InChI=1S/C14H8Br3ClF2/c1-6-2-10(16)7(3-9(6)15)14(17)8-4-13(20)11(18)5-12(8)19/h2-5,14H,1H3. The highest BCUT2D eigenvalue weighted by atomic mass is 79.9. The number of rotatable bonds is 2. The summed E-state index contributed by atoms with van der Waals surface area (Å²) in [6.07, 6.45) is 0. The van der Waals surface area contributed by atoms with Gasteiger partial charge in [-0.1, -0.05) is 59.4 Å². The lowest BCUT2D eigenvalue weighted by Crippen LogP contribution is -2.00. The molecule has 2 aromatic rings. The third-order valence-electron chi connectivity index (χ3n) is 2.86. The molecular formula is C14H8Br3ClF2. The van der Waals surface area contributed by atoms with E-state index in [0.717, 1.165) is 32.2 Å². The van der Waals surface area contributed by atoms with Crippen molar-refractivity contribution in [1.29, 1.82) is 0 Å². The minimum absolute atomic E-state index is 0.198. The van der Waals surface area contributed by atoms with Crippen molar-refractivity contribution in [3.63, 3.8) is 0 Å². The Kier molecular flexibility index (Phi) is 5.27. The smallest absolute Gasteiger partial charge is 0.142 e. The number of hydrogen-bond donors (Lipinski definition) is 0. The van der Waals surface area contributed by atoms with Gasteiger partial charge in [0.15, 0.2) is 0 Å². The average Bonchev–Trinajstić information content (AvgIpc) is 2.37. The van der Waals surface area contributed by atoms with Crippen LogP contribution in [-0.2, 0) is 0 Å². The summed E-state index contributed by atoms with van der Waals surface area (Å²) in [6.45, 7) is 1.95. The summed E-state index contributed by atoms with van der Waals surface area (Å²) in [5, 5.41) is -0.227. The third kappa shape index (κ3) is 3.26. The summed E-state index contributed by atoms with van der Waals surface area (Å²) in [5.74, 6) is -1.20. The Morgan fingerprint density at radius 3 is 2.25 bits per heavy atom. The van der Waals surface area contributed by atoms with Gasteiger partial charge < -0.3 is 0 Å². The molecule has 0 aromatic heterocycles. The molecule has 20 heavy (non-hydrogen) atoms. The lowest BCUT2D eigenvalue weighted by Gasteiger charge is -2.15. The SMILES string of the molecule is Cc1cc(Br)c(C(Br)c2cc(F)c(Cl)cc2F)cc1Br. The number of hydrogen-bond acceptors (Lipinski definition) is 0. The van der Waals surface area contributed by atoms with Gasteiger partial charge in [0.2, 0.25) is 0 Å². The molecule has 0 radical (unpaired) electrons. The summed E-state index contributed by atoms with van der Waals surface area (Å²) in [7, 11) is 0. The summed E-state index contributed by atoms with van der Waals surface area (Å²) in [5.41, 5.74) is 2.04. The quantitative estimate of drug-likeness (QED) is 0.317. The molecule has 0 spiro atoms. The van der Waals surface area contributed by atoms with Gasteiger partial charge in [0.1, 0.15) is 11.6 Å². The van der Waals surface area contributed by atoms with Crippen LogP contribution in [0.1, 0.15) is 21.5 Å². The predicted molar refractivity (Wildman–Crippen MR) is 88.7 cm³/mol. The van der Waals surface area contributed by atoms with Gasteiger partial charge in [-0.05, 0) is 42.3 Å². The van der Waals surface area contributed by atoms with Gasteiger partial charge in [-0.2, -0.15) is 0 Å². The van der Waals surface area contributed by atoms with Crippen LogP contribution in [0.4, 0.5) is 8.78 Å². The lowest BCUT2D eigenvalue weighted by atomic mass is 10.0. The Morgan fingerprint density at radius 2 is 1.60 bits per heavy atom. The van der Waals surface area contributed by atoms with E-state index in [1.54, 1.807) is 0 Å². The highest BCUT2D eigenvalue weighted by Crippen LogP contribution is 2.39. The van der Waals surface area contributed by atoms with Crippen LogP contribution in [0.3, 0.4) is 0 Å². The molecule has 2 rings (SSSR count). The van der Waals surface area contributed by atoms with Gasteiger partial charge in [0, 0.05) is 14.5 Å². The molecule has 0 saturated carbocycles. The molecule has 6 heteroatoms. The second-order valence-electron chi connectivity index (χ2n) is 4.27. The van der Waals surface area contributed by atoms with E-state index in [0.29, 0.717) is 0 Å². The van der Waals surface area contributed by atoms with E-state index in [9.17, 15) is 8.78 Å². The van der Waals surface area contributed by atoms with Crippen LogP contribution < -0.4 is 0 Å². The Balaban J connectivity index is 2.54. The van der Waals surface area contributed by atoms with Crippen molar-refractivity contribution in [1.82, 2.24) is 0 Å². The van der Waals surface area contributed by atoms with E-state index in [1.165, 1.54) is 0 Å². The monoisotopic (exact) mass is 486 g/mol. The summed E-state index contributed by atoms with van der Waals surface area (Å²) < 4.78 is 29.2. The number of benzene rings is 2. The zero-order chi connectivity index (χ0) is 15.0. The first-order chi connectivity index (χ1) is 9.31. The molecule has 0 aliphatic carbocycles. The van der Waals surface area contributed by atoms with Crippen LogP contribution in [0.15, 0.2) is 33.2 Å².